The molecule has 3 atom stereocenters. The van der Waals surface area contributed by atoms with E-state index in [0.717, 1.165) is 17.7 Å². The average Bonchev–Trinajstić information content (AvgIpc) is 3.39. The lowest BCUT2D eigenvalue weighted by atomic mass is 9.74. The second-order valence-electron chi connectivity index (χ2n) is 16.6. The van der Waals surface area contributed by atoms with E-state index in [1.165, 1.54) is 7.11 Å². The van der Waals surface area contributed by atoms with Gasteiger partial charge in [0.1, 0.15) is 30.5 Å². The molecule has 2 aromatic carbocycles. The van der Waals surface area contributed by atoms with E-state index in [-0.39, 0.29) is 25.2 Å². The van der Waals surface area contributed by atoms with Gasteiger partial charge in [-0.25, -0.2) is 4.79 Å². The molecule has 3 unspecified atom stereocenters. The highest BCUT2D eigenvalue weighted by Crippen LogP contribution is 2.47. The summed E-state index contributed by atoms with van der Waals surface area (Å²) in [6, 6.07) is 8.97. The first-order valence-electron chi connectivity index (χ1n) is 25.2. The van der Waals surface area contributed by atoms with E-state index in [4.69, 9.17) is 75.8 Å². The van der Waals surface area contributed by atoms with Gasteiger partial charge in [-0.3, -0.25) is 4.79 Å². The van der Waals surface area contributed by atoms with Crippen molar-refractivity contribution in [2.75, 3.05) is 197 Å². The van der Waals surface area contributed by atoms with Crippen LogP contribution in [0.5, 0.6) is 11.5 Å². The highest BCUT2D eigenvalue weighted by Gasteiger charge is 2.45. The number of benzene rings is 2. The second kappa shape index (κ2) is 38.6. The number of thiol groups is 1. The number of fused-ring (bicyclic) bond motifs is 2. The standard InChI is InChI=1S/C53H81NO18S/c1-41-37-43(52(55)59-5)38-42(2)51(41)72-53(56)50-46-39-44(70-34-32-68-30-28-66-26-24-64-22-20-62-18-16-60-14-12-57-3)7-9-48(46)54(11-6-36-73)49-10-8-45(40-47(49)50)71-35-33-69-31-29-67-27-25-65-23-21-63-19-17-61-15-13-58-4/h7-10,37-40,46,48,50,73H,6,11-36H2,1-5H3. The van der Waals surface area contributed by atoms with Crippen LogP contribution in [-0.4, -0.2) is 210 Å². The molecule has 2 aromatic rings. The topological polar surface area (TPSA) is 185 Å². The number of nitrogens with zero attached hydrogens (tertiary/aromatic N) is 1. The van der Waals surface area contributed by atoms with Crippen molar-refractivity contribution in [3.8, 4) is 11.5 Å². The maximum atomic E-state index is 14.8. The van der Waals surface area contributed by atoms with Crippen LogP contribution in [0.1, 0.15) is 39.4 Å². The maximum Gasteiger partial charge on any atom is 0.337 e. The van der Waals surface area contributed by atoms with Crippen LogP contribution in [0.3, 0.4) is 0 Å². The van der Waals surface area contributed by atoms with E-state index < -0.39 is 17.9 Å². The molecule has 0 N–H and O–H groups in total. The molecule has 0 radical (unpaired) electrons. The Morgan fingerprint density at radius 1 is 0.562 bits per heavy atom. The third-order valence-corrected chi connectivity index (χ3v) is 11.6. The summed E-state index contributed by atoms with van der Waals surface area (Å²) in [6.45, 7) is 15.1. The van der Waals surface area contributed by atoms with Crippen molar-refractivity contribution in [2.45, 2.75) is 32.2 Å². The summed E-state index contributed by atoms with van der Waals surface area (Å²) < 4.78 is 89.3. The van der Waals surface area contributed by atoms with Crippen LogP contribution in [0.4, 0.5) is 5.69 Å². The molecule has 0 saturated carbocycles. The van der Waals surface area contributed by atoms with Gasteiger partial charge in [0, 0.05) is 32.4 Å². The minimum absolute atomic E-state index is 0.193. The third kappa shape index (κ3) is 23.7. The van der Waals surface area contributed by atoms with Crippen molar-refractivity contribution in [2.24, 2.45) is 5.92 Å². The molecule has 20 heteroatoms. The number of anilines is 1. The normalized spacial score (nSPS) is 16.0. The first-order valence-corrected chi connectivity index (χ1v) is 25.8. The van der Waals surface area contributed by atoms with Gasteiger partial charge in [-0.05, 0) is 85.2 Å². The Morgan fingerprint density at radius 3 is 1.44 bits per heavy atom. The lowest BCUT2D eigenvalue weighted by Crippen LogP contribution is -2.49. The molecule has 0 saturated heterocycles. The fourth-order valence-electron chi connectivity index (χ4n) is 7.86. The van der Waals surface area contributed by atoms with Crippen molar-refractivity contribution in [3.63, 3.8) is 0 Å². The largest absolute Gasteiger partial charge is 0.492 e. The molecule has 2 aliphatic rings. The minimum Gasteiger partial charge on any atom is -0.492 e. The van der Waals surface area contributed by atoms with Crippen molar-refractivity contribution < 1.29 is 85.4 Å². The van der Waals surface area contributed by atoms with Gasteiger partial charge in [0.2, 0.25) is 0 Å². The molecular formula is C53H81NO18S. The van der Waals surface area contributed by atoms with Gasteiger partial charge >= 0.3 is 11.9 Å². The predicted molar refractivity (Wildman–Crippen MR) is 276 cm³/mol. The van der Waals surface area contributed by atoms with Gasteiger partial charge < -0.3 is 80.7 Å². The first-order chi connectivity index (χ1) is 35.8. The van der Waals surface area contributed by atoms with Crippen LogP contribution in [0, 0.1) is 19.8 Å². The monoisotopic (exact) mass is 1050 g/mol. The quantitative estimate of drug-likeness (QED) is 0.0394. The predicted octanol–water partition coefficient (Wildman–Crippen LogP) is 5.21. The van der Waals surface area contributed by atoms with Crippen molar-refractivity contribution in [1.82, 2.24) is 0 Å². The van der Waals surface area contributed by atoms with Crippen LogP contribution >= 0.6 is 12.6 Å². The molecule has 1 aliphatic carbocycles. The van der Waals surface area contributed by atoms with E-state index in [2.05, 4.69) is 23.6 Å². The molecular weight excluding hydrogens is 971 g/mol. The molecule has 0 amide bonds. The number of ether oxygens (including phenoxy) is 16. The van der Waals surface area contributed by atoms with Crippen LogP contribution in [-0.2, 0) is 71.1 Å². The molecule has 1 heterocycles. The summed E-state index contributed by atoms with van der Waals surface area (Å²) in [7, 11) is 4.61. The van der Waals surface area contributed by atoms with Crippen LogP contribution in [0.25, 0.3) is 0 Å². The van der Waals surface area contributed by atoms with E-state index in [1.54, 1.807) is 40.2 Å². The van der Waals surface area contributed by atoms with Gasteiger partial charge in [-0.2, -0.15) is 12.6 Å². The number of rotatable bonds is 44. The maximum absolute atomic E-state index is 14.8. The Bertz CT molecular complexity index is 1860. The first kappa shape index (κ1) is 61.7. The zero-order valence-corrected chi connectivity index (χ0v) is 44.6. The van der Waals surface area contributed by atoms with Crippen molar-refractivity contribution >= 4 is 30.3 Å². The number of methoxy groups -OCH3 is 3. The lowest BCUT2D eigenvalue weighted by Gasteiger charge is -2.46. The summed E-state index contributed by atoms with van der Waals surface area (Å²) in [6.07, 6.45) is 6.86. The number of carbonyl (C=O) groups excluding carboxylic acids is 2. The van der Waals surface area contributed by atoms with Crippen LogP contribution in [0.2, 0.25) is 0 Å². The summed E-state index contributed by atoms with van der Waals surface area (Å²) in [5, 5.41) is 0. The molecule has 4 rings (SSSR count). The molecule has 0 aromatic heterocycles. The van der Waals surface area contributed by atoms with E-state index in [9.17, 15) is 9.59 Å². The number of hydrogen-bond donors (Lipinski definition) is 1. The zero-order valence-electron chi connectivity index (χ0n) is 43.7. The second-order valence-corrected chi connectivity index (χ2v) is 17.1. The van der Waals surface area contributed by atoms with Crippen LogP contribution in [0.15, 0.2) is 54.3 Å². The number of hydrogen-bond acceptors (Lipinski definition) is 20. The molecule has 0 spiro atoms. The Hall–Kier alpha value is -3.87. The van der Waals surface area contributed by atoms with Crippen molar-refractivity contribution in [3.05, 3.63) is 76.6 Å². The minimum atomic E-state index is -0.759. The van der Waals surface area contributed by atoms with Gasteiger partial charge in [0.25, 0.3) is 0 Å². The Kier molecular flexibility index (Phi) is 32.7. The Balaban J connectivity index is 1.31. The SMILES string of the molecule is COCCOCCOCCOCCOCCOCCOC1=CC2C(C(=O)Oc3c(C)cc(C(=O)OC)cc3C)c3cc(OCCOCCOCCOCCOCCOCCOC)ccc3N(CCCS)C2C=C1. The molecule has 0 fully saturated rings. The average molecular weight is 1050 g/mol. The molecule has 412 valence electrons. The highest BCUT2D eigenvalue weighted by molar-refractivity contribution is 7.80. The fourth-order valence-corrected chi connectivity index (χ4v) is 8.00. The van der Waals surface area contributed by atoms with E-state index >= 15 is 0 Å². The smallest absolute Gasteiger partial charge is 0.337 e. The number of esters is 2. The number of carbonyl (C=O) groups is 2. The Labute approximate surface area is 437 Å². The highest BCUT2D eigenvalue weighted by atomic mass is 32.1. The molecule has 0 bridgehead atoms. The summed E-state index contributed by atoms with van der Waals surface area (Å²) in [5.74, 6) is 0.209. The molecule has 73 heavy (non-hydrogen) atoms. The van der Waals surface area contributed by atoms with Crippen LogP contribution < -0.4 is 14.4 Å². The number of allylic oxidation sites excluding steroid dienone is 1. The Morgan fingerprint density at radius 2 is 1.00 bits per heavy atom. The van der Waals surface area contributed by atoms with Gasteiger partial charge in [-0.1, -0.05) is 6.08 Å². The zero-order chi connectivity index (χ0) is 52.1. The summed E-state index contributed by atoms with van der Waals surface area (Å²) in [5.41, 5.74) is 3.28. The van der Waals surface area contributed by atoms with E-state index in [1.807, 2.05) is 30.4 Å². The van der Waals surface area contributed by atoms with Gasteiger partial charge in [0.15, 0.2) is 0 Å². The summed E-state index contributed by atoms with van der Waals surface area (Å²) >= 11 is 4.54. The molecule has 1 aliphatic heterocycles. The van der Waals surface area contributed by atoms with Gasteiger partial charge in [0.05, 0.1) is 170 Å². The summed E-state index contributed by atoms with van der Waals surface area (Å²) in [4.78, 5) is 29.5. The van der Waals surface area contributed by atoms with Crippen molar-refractivity contribution in [1.29, 1.82) is 0 Å². The fraction of sp³-hybridized carbons (Fsp3) is 0.660. The van der Waals surface area contributed by atoms with Gasteiger partial charge in [-0.15, -0.1) is 0 Å². The molecule has 19 nitrogen and oxygen atoms in total. The number of aryl methyl sites for hydroxylation is 2. The van der Waals surface area contributed by atoms with E-state index in [0.29, 0.717) is 192 Å². The third-order valence-electron chi connectivity index (χ3n) is 11.3. The lowest BCUT2D eigenvalue weighted by molar-refractivity contribution is -0.137.